The minimum Gasteiger partial charge on any atom is -0.341 e. The first-order valence-electron chi connectivity index (χ1n) is 7.31. The van der Waals surface area contributed by atoms with E-state index in [-0.39, 0.29) is 6.04 Å². The first kappa shape index (κ1) is 13.8. The van der Waals surface area contributed by atoms with Crippen LogP contribution in [0.5, 0.6) is 0 Å². The number of amides is 1. The first-order chi connectivity index (χ1) is 8.58. The average molecular weight is 253 g/mol. The molecule has 4 nitrogen and oxygen atoms in total. The summed E-state index contributed by atoms with van der Waals surface area (Å²) in [7, 11) is 2.20. The zero-order chi connectivity index (χ0) is 13.1. The van der Waals surface area contributed by atoms with Gasteiger partial charge < -0.3 is 15.5 Å². The molecule has 2 rings (SSSR count). The first-order valence-corrected chi connectivity index (χ1v) is 7.31. The van der Waals surface area contributed by atoms with Crippen LogP contribution in [0, 0.1) is 5.92 Å². The Balaban J connectivity index is 1.80. The molecule has 2 N–H and O–H groups in total. The fraction of sp³-hybridized carbons (Fsp3) is 0.929. The van der Waals surface area contributed by atoms with Crippen LogP contribution in [-0.4, -0.2) is 54.5 Å². The van der Waals surface area contributed by atoms with E-state index in [1.807, 2.05) is 4.90 Å². The third kappa shape index (κ3) is 3.23. The molecule has 3 unspecified atom stereocenters. The van der Waals surface area contributed by atoms with Crippen LogP contribution in [0.1, 0.15) is 39.0 Å². The molecular formula is C14H27N3O. The van der Waals surface area contributed by atoms with E-state index in [2.05, 4.69) is 18.9 Å². The second-order valence-electron chi connectivity index (χ2n) is 6.10. The van der Waals surface area contributed by atoms with Crippen molar-refractivity contribution >= 4 is 5.91 Å². The highest BCUT2D eigenvalue weighted by atomic mass is 16.2. The predicted molar refractivity (Wildman–Crippen MR) is 73.2 cm³/mol. The Morgan fingerprint density at radius 1 is 1.39 bits per heavy atom. The van der Waals surface area contributed by atoms with Crippen LogP contribution in [0.15, 0.2) is 0 Å². The summed E-state index contributed by atoms with van der Waals surface area (Å²) in [5.41, 5.74) is 6.06. The lowest BCUT2D eigenvalue weighted by atomic mass is 9.93. The largest absolute Gasteiger partial charge is 0.341 e. The fourth-order valence-electron chi connectivity index (χ4n) is 3.12. The Bertz CT molecular complexity index is 295. The van der Waals surface area contributed by atoms with E-state index < -0.39 is 0 Å². The highest BCUT2D eigenvalue weighted by Crippen LogP contribution is 2.21. The third-order valence-corrected chi connectivity index (χ3v) is 4.67. The average Bonchev–Trinajstić information content (AvgIpc) is 2.34. The second-order valence-corrected chi connectivity index (χ2v) is 6.10. The Morgan fingerprint density at radius 3 is 2.89 bits per heavy atom. The van der Waals surface area contributed by atoms with Gasteiger partial charge in [-0.15, -0.1) is 0 Å². The number of piperidine rings is 2. The number of rotatable bonds is 3. The van der Waals surface area contributed by atoms with E-state index in [1.165, 1.54) is 25.8 Å². The Morgan fingerprint density at radius 2 is 2.17 bits per heavy atom. The van der Waals surface area contributed by atoms with Gasteiger partial charge in [0.15, 0.2) is 0 Å². The van der Waals surface area contributed by atoms with Gasteiger partial charge in [-0.3, -0.25) is 4.79 Å². The Labute approximate surface area is 110 Å². The quantitative estimate of drug-likeness (QED) is 0.818. The van der Waals surface area contributed by atoms with E-state index in [4.69, 9.17) is 5.73 Å². The monoisotopic (exact) mass is 253 g/mol. The van der Waals surface area contributed by atoms with Gasteiger partial charge in [0.1, 0.15) is 0 Å². The van der Waals surface area contributed by atoms with Crippen LogP contribution in [0.3, 0.4) is 0 Å². The number of carbonyl (C=O) groups is 1. The summed E-state index contributed by atoms with van der Waals surface area (Å²) < 4.78 is 0. The molecule has 0 radical (unpaired) electrons. The standard InChI is InChI=1S/C14H27N3O/c1-11-9-14(18)17(10-13(11)15)8-6-12-5-3-4-7-16(12)2/h11-13H,3-10,15H2,1-2H3. The summed E-state index contributed by atoms with van der Waals surface area (Å²) >= 11 is 0. The molecule has 0 saturated carbocycles. The van der Waals surface area contributed by atoms with E-state index in [9.17, 15) is 4.79 Å². The van der Waals surface area contributed by atoms with E-state index in [0.717, 1.165) is 19.5 Å². The van der Waals surface area contributed by atoms with Crippen LogP contribution in [0.4, 0.5) is 0 Å². The Hall–Kier alpha value is -0.610. The van der Waals surface area contributed by atoms with E-state index in [1.54, 1.807) is 0 Å². The SMILES string of the molecule is CC1CC(=O)N(CCC2CCCCN2C)CC1N. The van der Waals surface area contributed by atoms with Gasteiger partial charge in [0.25, 0.3) is 0 Å². The van der Waals surface area contributed by atoms with Crippen LogP contribution in [0.25, 0.3) is 0 Å². The maximum Gasteiger partial charge on any atom is 0.222 e. The molecule has 2 heterocycles. The van der Waals surface area contributed by atoms with Gasteiger partial charge in [-0.05, 0) is 38.8 Å². The van der Waals surface area contributed by atoms with Crippen LogP contribution >= 0.6 is 0 Å². The number of likely N-dealkylation sites (tertiary alicyclic amines) is 2. The number of nitrogens with two attached hydrogens (primary N) is 1. The number of carbonyl (C=O) groups excluding carboxylic acids is 1. The summed E-state index contributed by atoms with van der Waals surface area (Å²) in [5.74, 6) is 0.633. The van der Waals surface area contributed by atoms with Crippen LogP contribution in [0.2, 0.25) is 0 Å². The number of hydrogen-bond acceptors (Lipinski definition) is 3. The van der Waals surface area contributed by atoms with Gasteiger partial charge in [-0.25, -0.2) is 0 Å². The van der Waals surface area contributed by atoms with E-state index >= 15 is 0 Å². The summed E-state index contributed by atoms with van der Waals surface area (Å²) in [6.07, 6.45) is 5.66. The predicted octanol–water partition coefficient (Wildman–Crippen LogP) is 1.06. The fourth-order valence-corrected chi connectivity index (χ4v) is 3.12. The lowest BCUT2D eigenvalue weighted by molar-refractivity contribution is -0.135. The zero-order valence-electron chi connectivity index (χ0n) is 11.8. The maximum absolute atomic E-state index is 12.0. The molecule has 3 atom stereocenters. The summed E-state index contributed by atoms with van der Waals surface area (Å²) in [4.78, 5) is 16.4. The van der Waals surface area contributed by atoms with Gasteiger partial charge in [0.05, 0.1) is 0 Å². The molecule has 0 bridgehead atoms. The van der Waals surface area contributed by atoms with Crippen molar-refractivity contribution in [2.45, 2.75) is 51.1 Å². The zero-order valence-corrected chi connectivity index (χ0v) is 11.8. The molecule has 0 aromatic heterocycles. The lowest BCUT2D eigenvalue weighted by Gasteiger charge is -2.38. The minimum absolute atomic E-state index is 0.159. The molecule has 0 aromatic carbocycles. The molecule has 2 aliphatic heterocycles. The highest BCUT2D eigenvalue weighted by Gasteiger charge is 2.29. The molecule has 1 amide bonds. The number of hydrogen-bond donors (Lipinski definition) is 1. The molecular weight excluding hydrogens is 226 g/mol. The smallest absolute Gasteiger partial charge is 0.222 e. The molecule has 18 heavy (non-hydrogen) atoms. The van der Waals surface area contributed by atoms with Gasteiger partial charge >= 0.3 is 0 Å². The summed E-state index contributed by atoms with van der Waals surface area (Å²) in [6.45, 7) is 4.91. The van der Waals surface area contributed by atoms with Crippen LogP contribution in [-0.2, 0) is 4.79 Å². The van der Waals surface area contributed by atoms with Crippen molar-refractivity contribution in [3.05, 3.63) is 0 Å². The molecule has 0 spiro atoms. The van der Waals surface area contributed by atoms with Crippen molar-refractivity contribution in [3.8, 4) is 0 Å². The van der Waals surface area contributed by atoms with Crippen molar-refractivity contribution in [2.24, 2.45) is 11.7 Å². The van der Waals surface area contributed by atoms with Gasteiger partial charge in [0.2, 0.25) is 5.91 Å². The summed E-state index contributed by atoms with van der Waals surface area (Å²) in [5, 5.41) is 0. The maximum atomic E-state index is 12.0. The molecule has 2 fully saturated rings. The van der Waals surface area contributed by atoms with Crippen molar-refractivity contribution in [2.75, 3.05) is 26.7 Å². The van der Waals surface area contributed by atoms with Gasteiger partial charge in [-0.1, -0.05) is 13.3 Å². The van der Waals surface area contributed by atoms with Gasteiger partial charge in [0, 0.05) is 31.6 Å². The van der Waals surface area contributed by atoms with Crippen molar-refractivity contribution in [1.82, 2.24) is 9.80 Å². The Kier molecular flexibility index (Phi) is 4.62. The lowest BCUT2D eigenvalue weighted by Crippen LogP contribution is -2.51. The van der Waals surface area contributed by atoms with Crippen LogP contribution < -0.4 is 5.73 Å². The van der Waals surface area contributed by atoms with Crippen molar-refractivity contribution in [1.29, 1.82) is 0 Å². The van der Waals surface area contributed by atoms with Crippen molar-refractivity contribution < 1.29 is 4.79 Å². The van der Waals surface area contributed by atoms with E-state index in [0.29, 0.717) is 24.3 Å². The molecule has 2 aliphatic rings. The minimum atomic E-state index is 0.159. The second kappa shape index (κ2) is 6.02. The van der Waals surface area contributed by atoms with Gasteiger partial charge in [-0.2, -0.15) is 0 Å². The molecule has 0 aliphatic carbocycles. The molecule has 2 saturated heterocycles. The topological polar surface area (TPSA) is 49.6 Å². The molecule has 104 valence electrons. The third-order valence-electron chi connectivity index (χ3n) is 4.67. The summed E-state index contributed by atoms with van der Waals surface area (Å²) in [6, 6.07) is 0.814. The van der Waals surface area contributed by atoms with Crippen molar-refractivity contribution in [3.63, 3.8) is 0 Å². The number of nitrogens with zero attached hydrogens (tertiary/aromatic N) is 2. The molecule has 4 heteroatoms. The molecule has 0 aromatic rings. The highest BCUT2D eigenvalue weighted by molar-refractivity contribution is 5.77. The normalized spacial score (nSPS) is 34.9.